The summed E-state index contributed by atoms with van der Waals surface area (Å²) in [6, 6.07) is 9.02. The maximum Gasteiger partial charge on any atom is 0.225 e. The van der Waals surface area contributed by atoms with Crippen LogP contribution in [-0.2, 0) is 4.79 Å². The molecule has 2 rings (SSSR count). The second-order valence-corrected chi connectivity index (χ2v) is 6.60. The van der Waals surface area contributed by atoms with Crippen molar-refractivity contribution >= 4 is 23.4 Å². The number of hydrogen-bond acceptors (Lipinski definition) is 4. The molecule has 1 aromatic carbocycles. The summed E-state index contributed by atoms with van der Waals surface area (Å²) in [7, 11) is 0. The van der Waals surface area contributed by atoms with Gasteiger partial charge in [-0.05, 0) is 30.7 Å². The van der Waals surface area contributed by atoms with Crippen molar-refractivity contribution in [1.29, 1.82) is 5.26 Å². The maximum absolute atomic E-state index is 12.0. The Hall–Kier alpha value is -1.51. The first-order valence-corrected chi connectivity index (χ1v) is 8.40. The molecule has 1 saturated heterocycles. The summed E-state index contributed by atoms with van der Waals surface area (Å²) in [6.45, 7) is 5.20. The van der Waals surface area contributed by atoms with Crippen LogP contribution >= 0.6 is 11.8 Å². The second-order valence-electron chi connectivity index (χ2n) is 5.19. The molecule has 112 valence electrons. The van der Waals surface area contributed by atoms with Crippen LogP contribution in [0.15, 0.2) is 24.3 Å². The van der Waals surface area contributed by atoms with Crippen molar-refractivity contribution in [2.45, 2.75) is 25.0 Å². The van der Waals surface area contributed by atoms with E-state index in [0.29, 0.717) is 17.2 Å². The van der Waals surface area contributed by atoms with E-state index in [4.69, 9.17) is 5.26 Å². The van der Waals surface area contributed by atoms with Gasteiger partial charge in [0.2, 0.25) is 5.91 Å². The molecule has 5 heteroatoms. The van der Waals surface area contributed by atoms with E-state index >= 15 is 0 Å². The van der Waals surface area contributed by atoms with Crippen LogP contribution in [-0.4, -0.2) is 41.4 Å². The molecule has 0 radical (unpaired) electrons. The van der Waals surface area contributed by atoms with Gasteiger partial charge in [-0.2, -0.15) is 17.0 Å². The topological polar surface area (TPSA) is 56.1 Å². The summed E-state index contributed by atoms with van der Waals surface area (Å²) >= 11 is 2.04. The number of carbonyl (C=O) groups excluding carboxylic acids is 1. The highest BCUT2D eigenvalue weighted by Crippen LogP contribution is 2.21. The van der Waals surface area contributed by atoms with Crippen LogP contribution in [0.2, 0.25) is 0 Å². The molecule has 1 aliphatic heterocycles. The number of anilines is 1. The monoisotopic (exact) mass is 303 g/mol. The fourth-order valence-corrected chi connectivity index (χ4v) is 3.59. The Balaban J connectivity index is 1.75. The molecule has 1 atom stereocenters. The third kappa shape index (κ3) is 5.07. The van der Waals surface area contributed by atoms with E-state index in [1.165, 1.54) is 6.42 Å². The minimum atomic E-state index is 0.0333. The summed E-state index contributed by atoms with van der Waals surface area (Å²) in [5.74, 6) is 1.20. The van der Waals surface area contributed by atoms with Crippen LogP contribution in [0.25, 0.3) is 0 Å². The molecule has 0 spiro atoms. The molecule has 21 heavy (non-hydrogen) atoms. The summed E-state index contributed by atoms with van der Waals surface area (Å²) in [6.07, 6.45) is 1.71. The van der Waals surface area contributed by atoms with E-state index in [1.807, 2.05) is 11.8 Å². The quantitative estimate of drug-likeness (QED) is 0.908. The molecular formula is C16H21N3OS. The van der Waals surface area contributed by atoms with E-state index in [2.05, 4.69) is 23.2 Å². The predicted molar refractivity (Wildman–Crippen MR) is 87.4 cm³/mol. The van der Waals surface area contributed by atoms with E-state index < -0.39 is 0 Å². The second kappa shape index (κ2) is 8.06. The van der Waals surface area contributed by atoms with Gasteiger partial charge in [-0.15, -0.1) is 0 Å². The van der Waals surface area contributed by atoms with Crippen LogP contribution in [0.4, 0.5) is 5.69 Å². The number of rotatable bonds is 5. The van der Waals surface area contributed by atoms with Crippen molar-refractivity contribution in [2.75, 3.05) is 30.7 Å². The molecule has 4 nitrogen and oxygen atoms in total. The number of carbonyl (C=O) groups is 1. The van der Waals surface area contributed by atoms with Crippen LogP contribution in [0.1, 0.15) is 25.3 Å². The molecule has 1 amide bonds. The van der Waals surface area contributed by atoms with Crippen LogP contribution < -0.4 is 5.32 Å². The average Bonchev–Trinajstić information content (AvgIpc) is 2.54. The maximum atomic E-state index is 12.0. The van der Waals surface area contributed by atoms with Crippen molar-refractivity contribution in [3.8, 4) is 6.07 Å². The lowest BCUT2D eigenvalue weighted by Gasteiger charge is -2.31. The molecule has 0 bridgehead atoms. The van der Waals surface area contributed by atoms with Gasteiger partial charge in [0, 0.05) is 42.7 Å². The van der Waals surface area contributed by atoms with E-state index in [1.54, 1.807) is 24.3 Å². The van der Waals surface area contributed by atoms with Gasteiger partial charge in [0.15, 0.2) is 0 Å². The van der Waals surface area contributed by atoms with Gasteiger partial charge in [-0.25, -0.2) is 0 Å². The molecule has 0 aromatic heterocycles. The van der Waals surface area contributed by atoms with Gasteiger partial charge < -0.3 is 10.2 Å². The lowest BCUT2D eigenvalue weighted by Crippen LogP contribution is -2.39. The minimum absolute atomic E-state index is 0.0333. The standard InChI is InChI=1S/C16H21N3OS/c1-2-15-12-19(9-10-21-15)8-7-16(20)18-14-5-3-13(11-17)4-6-14/h3-6,15H,2,7-10,12H2,1H3,(H,18,20). The Bertz CT molecular complexity index is 509. The third-order valence-electron chi connectivity index (χ3n) is 3.63. The predicted octanol–water partition coefficient (Wildman–Crippen LogP) is 2.71. The third-order valence-corrected chi connectivity index (χ3v) is 5.00. The zero-order valence-electron chi connectivity index (χ0n) is 12.3. The smallest absolute Gasteiger partial charge is 0.225 e. The zero-order valence-corrected chi connectivity index (χ0v) is 13.2. The van der Waals surface area contributed by atoms with Gasteiger partial charge in [0.25, 0.3) is 0 Å². The average molecular weight is 303 g/mol. The number of amides is 1. The number of hydrogen-bond donors (Lipinski definition) is 1. The highest BCUT2D eigenvalue weighted by molar-refractivity contribution is 8.00. The Morgan fingerprint density at radius 2 is 2.24 bits per heavy atom. The van der Waals surface area contributed by atoms with E-state index in [0.717, 1.165) is 31.1 Å². The first-order chi connectivity index (χ1) is 10.2. The number of thioether (sulfide) groups is 1. The summed E-state index contributed by atoms with van der Waals surface area (Å²) in [5.41, 5.74) is 1.35. The van der Waals surface area contributed by atoms with Gasteiger partial charge in [-0.3, -0.25) is 4.79 Å². The number of nitrogens with one attached hydrogen (secondary N) is 1. The molecule has 1 N–H and O–H groups in total. The Morgan fingerprint density at radius 1 is 1.48 bits per heavy atom. The van der Waals surface area contributed by atoms with Crippen LogP contribution in [0.5, 0.6) is 0 Å². The first-order valence-electron chi connectivity index (χ1n) is 7.35. The molecule has 0 saturated carbocycles. The van der Waals surface area contributed by atoms with Crippen LogP contribution in [0.3, 0.4) is 0 Å². The van der Waals surface area contributed by atoms with Crippen molar-refractivity contribution in [1.82, 2.24) is 4.90 Å². The summed E-state index contributed by atoms with van der Waals surface area (Å²) in [5, 5.41) is 12.3. The van der Waals surface area contributed by atoms with Crippen molar-refractivity contribution in [3.05, 3.63) is 29.8 Å². The van der Waals surface area contributed by atoms with Gasteiger partial charge in [0.05, 0.1) is 11.6 Å². The fourth-order valence-electron chi connectivity index (χ4n) is 2.34. The lowest BCUT2D eigenvalue weighted by atomic mass is 10.2. The molecule has 1 heterocycles. The Kier molecular flexibility index (Phi) is 6.09. The lowest BCUT2D eigenvalue weighted by molar-refractivity contribution is -0.116. The first kappa shape index (κ1) is 15.9. The van der Waals surface area contributed by atoms with Crippen molar-refractivity contribution < 1.29 is 4.79 Å². The molecule has 1 aliphatic rings. The molecule has 0 aliphatic carbocycles. The van der Waals surface area contributed by atoms with Crippen molar-refractivity contribution in [2.24, 2.45) is 0 Å². The number of benzene rings is 1. The largest absolute Gasteiger partial charge is 0.326 e. The summed E-state index contributed by atoms with van der Waals surface area (Å²) in [4.78, 5) is 14.3. The highest BCUT2D eigenvalue weighted by atomic mass is 32.2. The SMILES string of the molecule is CCC1CN(CCC(=O)Nc2ccc(C#N)cc2)CCS1. The van der Waals surface area contributed by atoms with E-state index in [9.17, 15) is 4.79 Å². The number of nitrogens with zero attached hydrogens (tertiary/aromatic N) is 2. The van der Waals surface area contributed by atoms with Crippen molar-refractivity contribution in [3.63, 3.8) is 0 Å². The fraction of sp³-hybridized carbons (Fsp3) is 0.500. The van der Waals surface area contributed by atoms with Gasteiger partial charge >= 0.3 is 0 Å². The van der Waals surface area contributed by atoms with Crippen LogP contribution in [0, 0.1) is 11.3 Å². The van der Waals surface area contributed by atoms with E-state index in [-0.39, 0.29) is 5.91 Å². The normalized spacial score (nSPS) is 19.0. The van der Waals surface area contributed by atoms with Gasteiger partial charge in [0.1, 0.15) is 0 Å². The number of nitriles is 1. The highest BCUT2D eigenvalue weighted by Gasteiger charge is 2.19. The Morgan fingerprint density at radius 3 is 2.90 bits per heavy atom. The molecule has 1 aromatic rings. The minimum Gasteiger partial charge on any atom is -0.326 e. The zero-order chi connectivity index (χ0) is 15.1. The Labute approximate surface area is 130 Å². The molecular weight excluding hydrogens is 282 g/mol. The summed E-state index contributed by atoms with van der Waals surface area (Å²) < 4.78 is 0. The van der Waals surface area contributed by atoms with Gasteiger partial charge in [-0.1, -0.05) is 6.92 Å². The molecule has 1 unspecified atom stereocenters. The molecule has 1 fully saturated rings.